The molecule has 1 aromatic heterocycles. The molecule has 5 nitrogen and oxygen atoms in total. The number of benzene rings is 2. The van der Waals surface area contributed by atoms with Crippen LogP contribution in [0.5, 0.6) is 11.6 Å². The van der Waals surface area contributed by atoms with E-state index in [0.717, 1.165) is 18.0 Å². The molecule has 1 atom stereocenters. The van der Waals surface area contributed by atoms with Gasteiger partial charge in [-0.2, -0.15) is 0 Å². The van der Waals surface area contributed by atoms with Gasteiger partial charge in [0.1, 0.15) is 5.75 Å². The Morgan fingerprint density at radius 1 is 1.07 bits per heavy atom. The van der Waals surface area contributed by atoms with E-state index in [2.05, 4.69) is 17.2 Å². The van der Waals surface area contributed by atoms with Gasteiger partial charge in [-0.15, -0.1) is 0 Å². The first kappa shape index (κ1) is 19.9. The summed E-state index contributed by atoms with van der Waals surface area (Å²) in [5, 5.41) is 4.26. The molecule has 0 bridgehead atoms. The van der Waals surface area contributed by atoms with Crippen LogP contribution in [-0.4, -0.2) is 16.9 Å². The second kappa shape index (κ2) is 9.35. The number of pyridine rings is 1. The molecule has 144 valence electrons. The number of amides is 1. The Kier molecular flexibility index (Phi) is 6.63. The van der Waals surface area contributed by atoms with Gasteiger partial charge in [0.2, 0.25) is 11.8 Å². The van der Waals surface area contributed by atoms with E-state index in [1.165, 1.54) is 17.3 Å². The van der Waals surface area contributed by atoms with Gasteiger partial charge in [-0.3, -0.25) is 4.79 Å². The van der Waals surface area contributed by atoms with Crippen molar-refractivity contribution in [1.29, 1.82) is 0 Å². The number of aromatic nitrogens is 1. The molecule has 28 heavy (non-hydrogen) atoms. The summed E-state index contributed by atoms with van der Waals surface area (Å²) in [6.07, 6.45) is 2.31. The first-order valence-corrected chi connectivity index (χ1v) is 9.38. The van der Waals surface area contributed by atoms with Crippen molar-refractivity contribution >= 4 is 17.5 Å². The zero-order valence-electron chi connectivity index (χ0n) is 15.6. The van der Waals surface area contributed by atoms with Gasteiger partial charge in [-0.05, 0) is 54.8 Å². The van der Waals surface area contributed by atoms with Crippen LogP contribution in [0.4, 0.5) is 0 Å². The molecule has 0 fully saturated rings. The number of carbonyl (C=O) groups is 1. The lowest BCUT2D eigenvalue weighted by molar-refractivity contribution is 0.1000. The van der Waals surface area contributed by atoms with Crippen LogP contribution in [0.15, 0.2) is 66.9 Å². The molecule has 0 spiro atoms. The van der Waals surface area contributed by atoms with Gasteiger partial charge in [0.05, 0.1) is 5.56 Å². The minimum atomic E-state index is -0.512. The fraction of sp³-hybridized carbons (Fsp3) is 0.182. The summed E-state index contributed by atoms with van der Waals surface area (Å²) in [6, 6.07) is 19.3. The van der Waals surface area contributed by atoms with Crippen molar-refractivity contribution < 1.29 is 9.53 Å². The lowest BCUT2D eigenvalue weighted by Gasteiger charge is -2.14. The monoisotopic (exact) mass is 395 g/mol. The van der Waals surface area contributed by atoms with Gasteiger partial charge in [0.25, 0.3) is 0 Å². The van der Waals surface area contributed by atoms with Crippen LogP contribution in [0.1, 0.15) is 28.4 Å². The van der Waals surface area contributed by atoms with Crippen molar-refractivity contribution in [1.82, 2.24) is 10.3 Å². The second-order valence-electron chi connectivity index (χ2n) is 6.61. The molecule has 1 heterocycles. The van der Waals surface area contributed by atoms with Crippen LogP contribution in [0.2, 0.25) is 5.02 Å². The molecular formula is C22H22ClN3O2. The summed E-state index contributed by atoms with van der Waals surface area (Å²) in [7, 11) is 0. The van der Waals surface area contributed by atoms with E-state index in [-0.39, 0.29) is 0 Å². The van der Waals surface area contributed by atoms with E-state index in [0.29, 0.717) is 23.2 Å². The third-order valence-electron chi connectivity index (χ3n) is 4.28. The molecule has 0 radical (unpaired) electrons. The zero-order chi connectivity index (χ0) is 19.9. The zero-order valence-corrected chi connectivity index (χ0v) is 16.3. The summed E-state index contributed by atoms with van der Waals surface area (Å²) < 4.78 is 5.70. The van der Waals surface area contributed by atoms with Crippen molar-refractivity contribution in [3.63, 3.8) is 0 Å². The third-order valence-corrected chi connectivity index (χ3v) is 4.53. The maximum Gasteiger partial charge on any atom is 0.250 e. The summed E-state index contributed by atoms with van der Waals surface area (Å²) in [5.74, 6) is 0.586. The second-order valence-corrected chi connectivity index (χ2v) is 7.04. The van der Waals surface area contributed by atoms with Crippen molar-refractivity contribution in [3.8, 4) is 11.6 Å². The highest BCUT2D eigenvalue weighted by molar-refractivity contribution is 6.30. The Morgan fingerprint density at radius 2 is 1.75 bits per heavy atom. The Bertz CT molecular complexity index is 910. The first-order chi connectivity index (χ1) is 13.5. The molecule has 3 aromatic rings. The Labute approximate surface area is 169 Å². The molecule has 0 saturated carbocycles. The van der Waals surface area contributed by atoms with Crippen LogP contribution in [0.3, 0.4) is 0 Å². The van der Waals surface area contributed by atoms with Crippen molar-refractivity contribution in [2.75, 3.05) is 0 Å². The number of primary amides is 1. The van der Waals surface area contributed by atoms with Gasteiger partial charge in [-0.1, -0.05) is 35.9 Å². The van der Waals surface area contributed by atoms with Crippen LogP contribution >= 0.6 is 11.6 Å². The number of rotatable bonds is 8. The van der Waals surface area contributed by atoms with Gasteiger partial charge in [-0.25, -0.2) is 4.98 Å². The van der Waals surface area contributed by atoms with E-state index in [9.17, 15) is 4.79 Å². The van der Waals surface area contributed by atoms with E-state index >= 15 is 0 Å². The predicted octanol–water partition coefficient (Wildman–Crippen LogP) is 4.35. The average molecular weight is 396 g/mol. The molecule has 6 heteroatoms. The lowest BCUT2D eigenvalue weighted by Crippen LogP contribution is -2.27. The number of nitrogens with zero attached hydrogens (tertiary/aromatic N) is 1. The fourth-order valence-corrected chi connectivity index (χ4v) is 2.85. The third kappa shape index (κ3) is 5.81. The number of halogens is 1. The normalized spacial score (nSPS) is 11.8. The maximum absolute atomic E-state index is 11.1. The maximum atomic E-state index is 11.1. The predicted molar refractivity (Wildman–Crippen MR) is 111 cm³/mol. The Hall–Kier alpha value is -2.89. The molecule has 0 aliphatic carbocycles. The van der Waals surface area contributed by atoms with Crippen LogP contribution < -0.4 is 15.8 Å². The number of hydrogen-bond acceptors (Lipinski definition) is 4. The van der Waals surface area contributed by atoms with Crippen LogP contribution in [0, 0.1) is 0 Å². The summed E-state index contributed by atoms with van der Waals surface area (Å²) in [4.78, 5) is 15.2. The lowest BCUT2D eigenvalue weighted by atomic mass is 10.1. The molecule has 2 aromatic carbocycles. The average Bonchev–Trinajstić information content (AvgIpc) is 2.69. The summed E-state index contributed by atoms with van der Waals surface area (Å²) in [5.41, 5.74) is 7.97. The smallest absolute Gasteiger partial charge is 0.250 e. The number of ether oxygens (including phenoxy) is 1. The Balaban J connectivity index is 1.50. The van der Waals surface area contributed by atoms with Gasteiger partial charge in [0, 0.05) is 29.9 Å². The highest BCUT2D eigenvalue weighted by Gasteiger charge is 2.06. The SMILES string of the molecule is CC(Cc1ccc(Oc2ccc(C(N)=O)cn2)cc1)NCc1ccc(Cl)cc1. The van der Waals surface area contributed by atoms with E-state index in [4.69, 9.17) is 22.1 Å². The number of carbonyl (C=O) groups excluding carboxylic acids is 1. The summed E-state index contributed by atoms with van der Waals surface area (Å²) in [6.45, 7) is 2.96. The number of hydrogen-bond donors (Lipinski definition) is 2. The van der Waals surface area contributed by atoms with Crippen LogP contribution in [0.25, 0.3) is 0 Å². The van der Waals surface area contributed by atoms with Gasteiger partial charge >= 0.3 is 0 Å². The number of nitrogens with one attached hydrogen (secondary N) is 1. The van der Waals surface area contributed by atoms with Crippen molar-refractivity contribution in [2.24, 2.45) is 5.73 Å². The largest absolute Gasteiger partial charge is 0.439 e. The minimum Gasteiger partial charge on any atom is -0.439 e. The Morgan fingerprint density at radius 3 is 2.36 bits per heavy atom. The summed E-state index contributed by atoms with van der Waals surface area (Å²) >= 11 is 5.91. The number of nitrogens with two attached hydrogens (primary N) is 1. The molecule has 0 aliphatic heterocycles. The van der Waals surface area contributed by atoms with E-state index < -0.39 is 5.91 Å². The molecule has 3 rings (SSSR count). The molecular weight excluding hydrogens is 374 g/mol. The molecule has 3 N–H and O–H groups in total. The van der Waals surface area contributed by atoms with Crippen molar-refractivity contribution in [3.05, 3.63) is 88.6 Å². The molecule has 0 aliphatic rings. The highest BCUT2D eigenvalue weighted by Crippen LogP contribution is 2.20. The first-order valence-electron chi connectivity index (χ1n) is 9.00. The molecule has 1 amide bonds. The van der Waals surface area contributed by atoms with Gasteiger partial charge < -0.3 is 15.8 Å². The van der Waals surface area contributed by atoms with Gasteiger partial charge in [0.15, 0.2) is 0 Å². The minimum absolute atomic E-state index is 0.324. The van der Waals surface area contributed by atoms with Crippen molar-refractivity contribution in [2.45, 2.75) is 25.9 Å². The van der Waals surface area contributed by atoms with Crippen LogP contribution in [-0.2, 0) is 13.0 Å². The fourth-order valence-electron chi connectivity index (χ4n) is 2.72. The van der Waals surface area contributed by atoms with E-state index in [1.807, 2.05) is 48.5 Å². The standard InChI is InChI=1S/C22H22ClN3O2/c1-15(25-13-17-2-7-19(23)8-3-17)12-16-4-9-20(10-5-16)28-21-11-6-18(14-26-21)22(24)27/h2-11,14-15,25H,12-13H2,1H3,(H2,24,27). The van der Waals surface area contributed by atoms with E-state index in [1.54, 1.807) is 12.1 Å². The quantitative estimate of drug-likeness (QED) is 0.594. The topological polar surface area (TPSA) is 77.2 Å². The molecule has 1 unspecified atom stereocenters. The molecule has 0 saturated heterocycles. The highest BCUT2D eigenvalue weighted by atomic mass is 35.5.